The van der Waals surface area contributed by atoms with Crippen LogP contribution in [0.15, 0.2) is 36.7 Å². The van der Waals surface area contributed by atoms with Gasteiger partial charge in [0.25, 0.3) is 0 Å². The molecule has 0 aliphatic heterocycles. The first-order chi connectivity index (χ1) is 8.83. The summed E-state index contributed by atoms with van der Waals surface area (Å²) in [5, 5.41) is 0. The van der Waals surface area contributed by atoms with E-state index in [-0.39, 0.29) is 33.5 Å². The van der Waals surface area contributed by atoms with E-state index in [1.165, 1.54) is 0 Å². The molecule has 0 radical (unpaired) electrons. The monoisotopic (exact) mass is 475 g/mol. The minimum absolute atomic E-state index is 0. The van der Waals surface area contributed by atoms with E-state index in [0.717, 1.165) is 22.9 Å². The molecule has 0 N–H and O–H groups in total. The van der Waals surface area contributed by atoms with Crippen molar-refractivity contribution in [1.82, 2.24) is 9.97 Å². The van der Waals surface area contributed by atoms with Crippen LogP contribution in [-0.2, 0) is 21.1 Å². The van der Waals surface area contributed by atoms with Gasteiger partial charge in [-0.25, -0.2) is 0 Å². The molecule has 2 heterocycles. The van der Waals surface area contributed by atoms with E-state index >= 15 is 0 Å². The molecule has 2 aromatic heterocycles. The molecule has 0 unspecified atom stereocenters. The summed E-state index contributed by atoms with van der Waals surface area (Å²) < 4.78 is 10.9. The third-order valence-corrected chi connectivity index (χ3v) is 2.35. The molecule has 20 heavy (non-hydrogen) atoms. The maximum absolute atomic E-state index is 5.45. The van der Waals surface area contributed by atoms with Crippen LogP contribution >= 0.6 is 12.4 Å². The van der Waals surface area contributed by atoms with Crippen LogP contribution < -0.4 is 9.47 Å². The van der Waals surface area contributed by atoms with Gasteiger partial charge in [-0.15, -0.1) is 12.4 Å². The molecule has 0 amide bonds. The van der Waals surface area contributed by atoms with Gasteiger partial charge in [-0.2, -0.15) is 0 Å². The van der Waals surface area contributed by atoms with E-state index in [0.29, 0.717) is 13.2 Å². The second-order valence-electron chi connectivity index (χ2n) is 3.62. The molecule has 0 aliphatic rings. The van der Waals surface area contributed by atoms with Crippen LogP contribution in [0.5, 0.6) is 11.5 Å². The quantitative estimate of drug-likeness (QED) is 0.665. The molecule has 0 saturated carbocycles. The molecule has 0 spiro atoms. The first kappa shape index (κ1) is 18.9. The minimum Gasteiger partial charge on any atom is -0.494 e. The fourth-order valence-electron chi connectivity index (χ4n) is 1.62. The Labute approximate surface area is 139 Å². The predicted octanol–water partition coefficient (Wildman–Crippen LogP) is 3.36. The van der Waals surface area contributed by atoms with Crippen LogP contribution in [0.3, 0.4) is 0 Å². The van der Waals surface area contributed by atoms with Crippen molar-refractivity contribution in [1.29, 1.82) is 0 Å². The SMILES string of the molecule is CCOc1ccnc(-c2cc(OCC)ccn2)c1.Cl.[Pt+4]. The van der Waals surface area contributed by atoms with Crippen LogP contribution in [0.25, 0.3) is 11.4 Å². The van der Waals surface area contributed by atoms with Gasteiger partial charge in [0.1, 0.15) is 11.5 Å². The van der Waals surface area contributed by atoms with Crippen molar-refractivity contribution in [3.63, 3.8) is 0 Å². The summed E-state index contributed by atoms with van der Waals surface area (Å²) in [5.74, 6) is 1.59. The number of aromatic nitrogens is 2. The molecule has 0 fully saturated rings. The van der Waals surface area contributed by atoms with Crippen molar-refractivity contribution in [3.05, 3.63) is 36.7 Å². The van der Waals surface area contributed by atoms with Crippen molar-refractivity contribution in [2.75, 3.05) is 13.2 Å². The first-order valence-corrected chi connectivity index (χ1v) is 6.01. The Kier molecular flexibility index (Phi) is 9.18. The van der Waals surface area contributed by atoms with Crippen LogP contribution in [0.4, 0.5) is 0 Å². The number of rotatable bonds is 5. The van der Waals surface area contributed by atoms with Crippen molar-refractivity contribution in [2.45, 2.75) is 13.8 Å². The molecular weight excluding hydrogens is 459 g/mol. The number of halogens is 1. The Morgan fingerprint density at radius 1 is 0.850 bits per heavy atom. The molecule has 0 aromatic carbocycles. The summed E-state index contributed by atoms with van der Waals surface area (Å²) in [6.45, 7) is 5.17. The van der Waals surface area contributed by atoms with Crippen molar-refractivity contribution < 1.29 is 30.5 Å². The topological polar surface area (TPSA) is 44.2 Å². The number of hydrogen-bond donors (Lipinski definition) is 0. The number of pyridine rings is 2. The number of ether oxygens (including phenoxy) is 2. The summed E-state index contributed by atoms with van der Waals surface area (Å²) in [4.78, 5) is 8.59. The first-order valence-electron chi connectivity index (χ1n) is 6.01. The molecule has 0 atom stereocenters. The van der Waals surface area contributed by atoms with Gasteiger partial charge < -0.3 is 9.47 Å². The maximum atomic E-state index is 5.45. The van der Waals surface area contributed by atoms with Crippen LogP contribution in [0, 0.1) is 0 Å². The van der Waals surface area contributed by atoms with Gasteiger partial charge in [-0.3, -0.25) is 9.97 Å². The summed E-state index contributed by atoms with van der Waals surface area (Å²) in [5.41, 5.74) is 1.56. The van der Waals surface area contributed by atoms with E-state index in [1.54, 1.807) is 12.4 Å². The molecule has 2 aromatic rings. The van der Waals surface area contributed by atoms with Crippen LogP contribution in [-0.4, -0.2) is 23.2 Å². The van der Waals surface area contributed by atoms with Gasteiger partial charge >= 0.3 is 21.1 Å². The van der Waals surface area contributed by atoms with Crippen LogP contribution in [0.1, 0.15) is 13.8 Å². The van der Waals surface area contributed by atoms with Gasteiger partial charge in [0.05, 0.1) is 24.6 Å². The molecule has 4 nitrogen and oxygen atoms in total. The van der Waals surface area contributed by atoms with Crippen LogP contribution in [0.2, 0.25) is 0 Å². The van der Waals surface area contributed by atoms with E-state index < -0.39 is 0 Å². The third kappa shape index (κ3) is 5.10. The van der Waals surface area contributed by atoms with Gasteiger partial charge in [0.15, 0.2) is 0 Å². The molecular formula is C14H17ClN2O2Pt+4. The summed E-state index contributed by atoms with van der Waals surface area (Å²) >= 11 is 0. The smallest absolute Gasteiger partial charge is 0.494 e. The third-order valence-electron chi connectivity index (χ3n) is 2.35. The molecule has 108 valence electrons. The fourth-order valence-corrected chi connectivity index (χ4v) is 1.62. The summed E-state index contributed by atoms with van der Waals surface area (Å²) in [6.07, 6.45) is 3.44. The van der Waals surface area contributed by atoms with Crippen molar-refractivity contribution in [3.8, 4) is 22.9 Å². The van der Waals surface area contributed by atoms with E-state index in [2.05, 4.69) is 9.97 Å². The largest absolute Gasteiger partial charge is 4.00 e. The molecule has 0 aliphatic carbocycles. The Bertz CT molecular complexity index is 479. The van der Waals surface area contributed by atoms with Gasteiger partial charge in [0, 0.05) is 24.5 Å². The molecule has 6 heteroatoms. The normalized spacial score (nSPS) is 9.10. The zero-order valence-corrected chi connectivity index (χ0v) is 14.4. The average Bonchev–Trinajstić information content (AvgIpc) is 2.40. The predicted molar refractivity (Wildman–Crippen MR) is 77.1 cm³/mol. The van der Waals surface area contributed by atoms with E-state index in [4.69, 9.17) is 9.47 Å². The Morgan fingerprint density at radius 3 is 1.60 bits per heavy atom. The Morgan fingerprint density at radius 2 is 1.25 bits per heavy atom. The van der Waals surface area contributed by atoms with Gasteiger partial charge in [-0.05, 0) is 26.0 Å². The van der Waals surface area contributed by atoms with Crippen molar-refractivity contribution >= 4 is 12.4 Å². The Hall–Kier alpha value is -1.12. The van der Waals surface area contributed by atoms with Crippen molar-refractivity contribution in [2.24, 2.45) is 0 Å². The second kappa shape index (κ2) is 9.73. The molecule has 0 bridgehead atoms. The summed E-state index contributed by atoms with van der Waals surface area (Å²) in [6, 6.07) is 7.42. The van der Waals surface area contributed by atoms with E-state index in [9.17, 15) is 0 Å². The average molecular weight is 476 g/mol. The zero-order chi connectivity index (χ0) is 12.8. The standard InChI is InChI=1S/C14H16N2O2.ClH.Pt/c1-3-17-11-5-7-15-13(9-11)14-10-12(18-4-2)6-8-16-14;;/h5-10H,3-4H2,1-2H3;1H;/q;;+4. The Balaban J connectivity index is 0.00000180. The number of hydrogen-bond acceptors (Lipinski definition) is 4. The van der Waals surface area contributed by atoms with E-state index in [1.807, 2.05) is 38.1 Å². The molecule has 2 rings (SSSR count). The summed E-state index contributed by atoms with van der Waals surface area (Å²) in [7, 11) is 0. The van der Waals surface area contributed by atoms with Gasteiger partial charge in [-0.1, -0.05) is 0 Å². The zero-order valence-electron chi connectivity index (χ0n) is 11.3. The van der Waals surface area contributed by atoms with Gasteiger partial charge in [0.2, 0.25) is 0 Å². The second-order valence-corrected chi connectivity index (χ2v) is 3.62. The molecule has 0 saturated heterocycles. The number of nitrogens with zero attached hydrogens (tertiary/aromatic N) is 2. The fraction of sp³-hybridized carbons (Fsp3) is 0.286. The minimum atomic E-state index is 0. The maximum Gasteiger partial charge on any atom is 4.00 e.